The molecule has 2 amide bonds. The number of β-lactam (4-membered cyclic amide) rings is 1. The van der Waals surface area contributed by atoms with Gasteiger partial charge in [-0.2, -0.15) is 0 Å². The van der Waals surface area contributed by atoms with Crippen LogP contribution >= 0.6 is 0 Å². The van der Waals surface area contributed by atoms with E-state index in [2.05, 4.69) is 5.32 Å². The molecule has 2 rings (SSSR count). The van der Waals surface area contributed by atoms with E-state index in [0.29, 0.717) is 0 Å². The van der Waals surface area contributed by atoms with Crippen LogP contribution in [0.2, 0.25) is 0 Å². The Morgan fingerprint density at radius 2 is 2.11 bits per heavy atom. The van der Waals surface area contributed by atoms with Gasteiger partial charge in [-0.15, -0.1) is 0 Å². The molecule has 0 unspecified atom stereocenters. The standard InChI is InChI=1S/C11H14N2O5/c1-4(14)8-7-3-6(12-5(2)15)9(11(17)18)13(7)10(8)16/h4,7-8,14H,3H2,1-2H3,(H,12,15)(H,17,18)/t4-,7-,8-/m1/s1. The molecule has 1 saturated heterocycles. The van der Waals surface area contributed by atoms with Crippen molar-refractivity contribution < 1.29 is 24.6 Å². The summed E-state index contributed by atoms with van der Waals surface area (Å²) in [5.74, 6) is -2.63. The van der Waals surface area contributed by atoms with Crippen LogP contribution in [0, 0.1) is 5.92 Å². The number of hydrogen-bond acceptors (Lipinski definition) is 4. The third kappa shape index (κ3) is 1.67. The molecule has 0 aromatic heterocycles. The SMILES string of the molecule is CC(=O)NC1=C(C(=O)O)N2C(=O)[C@H]([C@@H](C)O)[C@H]2C1. The quantitative estimate of drug-likeness (QED) is 0.562. The number of hydrogen-bond donors (Lipinski definition) is 3. The maximum Gasteiger partial charge on any atom is 0.354 e. The monoisotopic (exact) mass is 254 g/mol. The van der Waals surface area contributed by atoms with Gasteiger partial charge in [0, 0.05) is 13.3 Å². The summed E-state index contributed by atoms with van der Waals surface area (Å²) in [6.07, 6.45) is -0.576. The minimum atomic E-state index is -1.25. The molecular formula is C11H14N2O5. The first-order valence-corrected chi connectivity index (χ1v) is 5.59. The highest BCUT2D eigenvalue weighted by Crippen LogP contribution is 2.42. The van der Waals surface area contributed by atoms with E-state index in [0.717, 1.165) is 4.90 Å². The Bertz CT molecular complexity index is 468. The molecule has 7 nitrogen and oxygen atoms in total. The number of nitrogens with zero attached hydrogens (tertiary/aromatic N) is 1. The van der Waals surface area contributed by atoms with Gasteiger partial charge in [-0.25, -0.2) is 4.79 Å². The lowest BCUT2D eigenvalue weighted by Crippen LogP contribution is -2.61. The van der Waals surface area contributed by atoms with Gasteiger partial charge in [-0.1, -0.05) is 0 Å². The first-order chi connectivity index (χ1) is 8.34. The summed E-state index contributed by atoms with van der Waals surface area (Å²) in [6.45, 7) is 2.77. The van der Waals surface area contributed by atoms with Crippen LogP contribution in [-0.4, -0.2) is 45.0 Å². The third-order valence-corrected chi connectivity index (χ3v) is 3.26. The first-order valence-electron chi connectivity index (χ1n) is 5.59. The van der Waals surface area contributed by atoms with Gasteiger partial charge in [-0.3, -0.25) is 14.5 Å². The lowest BCUT2D eigenvalue weighted by molar-refractivity contribution is -0.161. The number of carbonyl (C=O) groups is 3. The summed E-state index contributed by atoms with van der Waals surface area (Å²) in [5, 5.41) is 21.0. The Balaban J connectivity index is 2.29. The average molecular weight is 254 g/mol. The zero-order chi connectivity index (χ0) is 13.6. The fourth-order valence-electron chi connectivity index (χ4n) is 2.60. The number of carboxylic acid groups (broad SMARTS) is 1. The second-order valence-electron chi connectivity index (χ2n) is 4.56. The van der Waals surface area contributed by atoms with Crippen LogP contribution in [0.15, 0.2) is 11.4 Å². The summed E-state index contributed by atoms with van der Waals surface area (Å²) in [7, 11) is 0. The van der Waals surface area contributed by atoms with E-state index in [1.54, 1.807) is 0 Å². The summed E-state index contributed by atoms with van der Waals surface area (Å²) in [4.78, 5) is 35.1. The van der Waals surface area contributed by atoms with Gasteiger partial charge in [0.1, 0.15) is 5.70 Å². The van der Waals surface area contributed by atoms with Crippen molar-refractivity contribution in [1.29, 1.82) is 0 Å². The molecule has 0 spiro atoms. The molecule has 1 fully saturated rings. The van der Waals surface area contributed by atoms with Crippen LogP contribution in [-0.2, 0) is 14.4 Å². The van der Waals surface area contributed by atoms with E-state index < -0.39 is 23.9 Å². The lowest BCUT2D eigenvalue weighted by atomic mass is 9.83. The maximum atomic E-state index is 11.8. The first kappa shape index (κ1) is 12.6. The van der Waals surface area contributed by atoms with Crippen molar-refractivity contribution in [3.8, 4) is 0 Å². The van der Waals surface area contributed by atoms with Gasteiger partial charge >= 0.3 is 5.97 Å². The van der Waals surface area contributed by atoms with Crippen molar-refractivity contribution in [3.63, 3.8) is 0 Å². The van der Waals surface area contributed by atoms with E-state index in [4.69, 9.17) is 5.11 Å². The Morgan fingerprint density at radius 1 is 1.50 bits per heavy atom. The number of aliphatic carboxylic acids is 1. The van der Waals surface area contributed by atoms with Crippen LogP contribution in [0.3, 0.4) is 0 Å². The zero-order valence-electron chi connectivity index (χ0n) is 10.0. The van der Waals surface area contributed by atoms with E-state index >= 15 is 0 Å². The number of carbonyl (C=O) groups excluding carboxylic acids is 2. The molecule has 0 aromatic carbocycles. The molecule has 3 N–H and O–H groups in total. The second kappa shape index (κ2) is 4.09. The number of aliphatic hydroxyl groups is 1. The van der Waals surface area contributed by atoms with Gasteiger partial charge < -0.3 is 15.5 Å². The van der Waals surface area contributed by atoms with Crippen LogP contribution < -0.4 is 5.32 Å². The van der Waals surface area contributed by atoms with Crippen LogP contribution in [0.5, 0.6) is 0 Å². The fraction of sp³-hybridized carbons (Fsp3) is 0.545. The van der Waals surface area contributed by atoms with Crippen molar-refractivity contribution in [2.75, 3.05) is 0 Å². The molecule has 0 bridgehead atoms. The molecule has 2 aliphatic rings. The smallest absolute Gasteiger partial charge is 0.354 e. The van der Waals surface area contributed by atoms with Crippen LogP contribution in [0.25, 0.3) is 0 Å². The Hall–Kier alpha value is -1.89. The Labute approximate surface area is 103 Å². The summed E-state index contributed by atoms with van der Waals surface area (Å²) >= 11 is 0. The summed E-state index contributed by atoms with van der Waals surface area (Å²) in [5.41, 5.74) is 0.0496. The number of carboxylic acids is 1. The van der Waals surface area contributed by atoms with Crippen LogP contribution in [0.4, 0.5) is 0 Å². The van der Waals surface area contributed by atoms with Crippen molar-refractivity contribution in [1.82, 2.24) is 10.2 Å². The highest BCUT2D eigenvalue weighted by molar-refractivity contribution is 6.00. The molecule has 98 valence electrons. The van der Waals surface area contributed by atoms with Crippen molar-refractivity contribution in [2.24, 2.45) is 5.92 Å². The summed E-state index contributed by atoms with van der Waals surface area (Å²) in [6, 6.07) is -0.370. The van der Waals surface area contributed by atoms with Crippen molar-refractivity contribution >= 4 is 17.8 Å². The molecule has 0 saturated carbocycles. The van der Waals surface area contributed by atoms with E-state index in [9.17, 15) is 19.5 Å². The van der Waals surface area contributed by atoms with E-state index in [1.165, 1.54) is 13.8 Å². The molecule has 7 heteroatoms. The minimum absolute atomic E-state index is 0.183. The number of amides is 2. The van der Waals surface area contributed by atoms with Gasteiger partial charge in [0.2, 0.25) is 11.8 Å². The lowest BCUT2D eigenvalue weighted by Gasteiger charge is -2.44. The largest absolute Gasteiger partial charge is 0.477 e. The topological polar surface area (TPSA) is 107 Å². The normalized spacial score (nSPS) is 27.7. The highest BCUT2D eigenvalue weighted by Gasteiger charge is 2.56. The van der Waals surface area contributed by atoms with Gasteiger partial charge in [0.25, 0.3) is 0 Å². The molecular weight excluding hydrogens is 240 g/mol. The number of rotatable bonds is 3. The second-order valence-corrected chi connectivity index (χ2v) is 4.56. The van der Waals surface area contributed by atoms with E-state index in [1.807, 2.05) is 0 Å². The third-order valence-electron chi connectivity index (χ3n) is 3.26. The molecule has 18 heavy (non-hydrogen) atoms. The minimum Gasteiger partial charge on any atom is -0.477 e. The van der Waals surface area contributed by atoms with Crippen molar-refractivity contribution in [3.05, 3.63) is 11.4 Å². The molecule has 0 aromatic rings. The molecule has 0 aliphatic carbocycles. The predicted molar refractivity (Wildman–Crippen MR) is 58.9 cm³/mol. The molecule has 0 radical (unpaired) electrons. The van der Waals surface area contributed by atoms with Crippen molar-refractivity contribution in [2.45, 2.75) is 32.4 Å². The van der Waals surface area contributed by atoms with Gasteiger partial charge in [0.15, 0.2) is 0 Å². The van der Waals surface area contributed by atoms with Gasteiger partial charge in [0.05, 0.1) is 23.8 Å². The average Bonchev–Trinajstić information content (AvgIpc) is 2.51. The predicted octanol–water partition coefficient (Wildman–Crippen LogP) is -0.970. The zero-order valence-corrected chi connectivity index (χ0v) is 10.0. The Morgan fingerprint density at radius 3 is 2.56 bits per heavy atom. The van der Waals surface area contributed by atoms with Crippen LogP contribution in [0.1, 0.15) is 20.3 Å². The van der Waals surface area contributed by atoms with E-state index in [-0.39, 0.29) is 29.8 Å². The maximum absolute atomic E-state index is 11.8. The highest BCUT2D eigenvalue weighted by atomic mass is 16.4. The summed E-state index contributed by atoms with van der Waals surface area (Å²) < 4.78 is 0. The number of fused-ring (bicyclic) bond motifs is 1. The number of aliphatic hydroxyl groups excluding tert-OH is 1. The molecule has 2 aliphatic heterocycles. The van der Waals surface area contributed by atoms with Gasteiger partial charge in [-0.05, 0) is 6.92 Å². The number of nitrogens with one attached hydrogen (secondary N) is 1. The molecule has 3 atom stereocenters. The Kier molecular flexibility index (Phi) is 2.86. The fourth-order valence-corrected chi connectivity index (χ4v) is 2.60. The molecule has 2 heterocycles.